The fourth-order valence-electron chi connectivity index (χ4n) is 3.45. The van der Waals surface area contributed by atoms with Gasteiger partial charge in [-0.1, -0.05) is 31.2 Å². The molecule has 2 aliphatic heterocycles. The third-order valence-corrected chi connectivity index (χ3v) is 4.67. The zero-order chi connectivity index (χ0) is 13.9. The number of rotatable bonds is 3. The molecule has 3 unspecified atom stereocenters. The van der Waals surface area contributed by atoms with Crippen molar-refractivity contribution in [1.82, 2.24) is 10.2 Å². The minimum atomic E-state index is 0.369. The highest BCUT2D eigenvalue weighted by Gasteiger charge is 2.28. The van der Waals surface area contributed by atoms with Crippen molar-refractivity contribution in [3.8, 4) is 0 Å². The predicted molar refractivity (Wildman–Crippen MR) is 81.8 cm³/mol. The second-order valence-corrected chi connectivity index (χ2v) is 6.21. The summed E-state index contributed by atoms with van der Waals surface area (Å²) in [6, 6.07) is 9.98. The Kier molecular flexibility index (Phi) is 4.39. The molecule has 0 saturated carbocycles. The van der Waals surface area contributed by atoms with E-state index in [0.717, 1.165) is 32.7 Å². The topological polar surface area (TPSA) is 24.5 Å². The largest absolute Gasteiger partial charge is 0.376 e. The van der Waals surface area contributed by atoms with Gasteiger partial charge in [0, 0.05) is 31.7 Å². The Bertz CT molecular complexity index is 448. The molecule has 0 spiro atoms. The van der Waals surface area contributed by atoms with E-state index in [-0.39, 0.29) is 0 Å². The first-order valence-corrected chi connectivity index (χ1v) is 7.92. The predicted octanol–water partition coefficient (Wildman–Crippen LogP) is 2.20. The first-order chi connectivity index (χ1) is 9.76. The van der Waals surface area contributed by atoms with E-state index in [0.29, 0.717) is 18.2 Å². The van der Waals surface area contributed by atoms with E-state index in [1.54, 1.807) is 0 Å². The smallest absolute Gasteiger partial charge is 0.0674 e. The summed E-state index contributed by atoms with van der Waals surface area (Å²) >= 11 is 0. The molecule has 1 saturated heterocycles. The minimum Gasteiger partial charge on any atom is -0.376 e. The standard InChI is InChI=1S/C17H26N2O/c1-3-17-12-20-13(2)10-19(17)11-16-8-14-6-4-5-7-15(14)9-18-16/h4-7,13,16-18H,3,8-12H2,1-2H3. The maximum atomic E-state index is 5.79. The summed E-state index contributed by atoms with van der Waals surface area (Å²) in [5, 5.41) is 3.70. The van der Waals surface area contributed by atoms with Gasteiger partial charge in [-0.05, 0) is 30.9 Å². The molecular weight excluding hydrogens is 248 g/mol. The molecule has 2 heterocycles. The molecule has 1 aromatic rings. The zero-order valence-corrected chi connectivity index (χ0v) is 12.6. The second-order valence-electron chi connectivity index (χ2n) is 6.21. The quantitative estimate of drug-likeness (QED) is 0.914. The lowest BCUT2D eigenvalue weighted by Crippen LogP contribution is -2.54. The number of hydrogen-bond acceptors (Lipinski definition) is 3. The van der Waals surface area contributed by atoms with Gasteiger partial charge >= 0.3 is 0 Å². The highest BCUT2D eigenvalue weighted by molar-refractivity contribution is 5.30. The Balaban J connectivity index is 1.63. The molecule has 3 nitrogen and oxygen atoms in total. The molecule has 1 fully saturated rings. The van der Waals surface area contributed by atoms with E-state index in [1.807, 2.05) is 0 Å². The van der Waals surface area contributed by atoms with Gasteiger partial charge in [0.25, 0.3) is 0 Å². The van der Waals surface area contributed by atoms with Gasteiger partial charge in [-0.25, -0.2) is 0 Å². The van der Waals surface area contributed by atoms with Gasteiger partial charge in [-0.2, -0.15) is 0 Å². The SMILES string of the molecule is CCC1COC(C)CN1CC1Cc2ccccc2CN1. The van der Waals surface area contributed by atoms with Crippen LogP contribution in [0.5, 0.6) is 0 Å². The molecule has 110 valence electrons. The lowest BCUT2D eigenvalue weighted by atomic mass is 9.95. The maximum Gasteiger partial charge on any atom is 0.0674 e. The van der Waals surface area contributed by atoms with E-state index in [9.17, 15) is 0 Å². The molecule has 2 aliphatic rings. The maximum absolute atomic E-state index is 5.79. The molecule has 0 aromatic heterocycles. The summed E-state index contributed by atoms with van der Waals surface area (Å²) in [5.41, 5.74) is 2.98. The Labute approximate surface area is 122 Å². The number of fused-ring (bicyclic) bond motifs is 1. The monoisotopic (exact) mass is 274 g/mol. The second kappa shape index (κ2) is 6.25. The molecule has 0 amide bonds. The highest BCUT2D eigenvalue weighted by Crippen LogP contribution is 2.20. The molecule has 3 heteroatoms. The molecular formula is C17H26N2O. The molecule has 1 aromatic carbocycles. The normalized spacial score (nSPS) is 31.0. The summed E-state index contributed by atoms with van der Waals surface area (Å²) in [4.78, 5) is 2.62. The van der Waals surface area contributed by atoms with Crippen LogP contribution in [-0.2, 0) is 17.7 Å². The molecule has 0 aliphatic carbocycles. The fraction of sp³-hybridized carbons (Fsp3) is 0.647. The van der Waals surface area contributed by atoms with E-state index < -0.39 is 0 Å². The number of nitrogens with zero attached hydrogens (tertiary/aromatic N) is 1. The van der Waals surface area contributed by atoms with Crippen LogP contribution in [-0.4, -0.2) is 42.8 Å². The van der Waals surface area contributed by atoms with Crippen LogP contribution in [0.3, 0.4) is 0 Å². The van der Waals surface area contributed by atoms with Crippen molar-refractivity contribution in [2.45, 2.75) is 51.4 Å². The Morgan fingerprint density at radius 2 is 2.10 bits per heavy atom. The molecule has 1 N–H and O–H groups in total. The van der Waals surface area contributed by atoms with E-state index in [2.05, 4.69) is 48.3 Å². The van der Waals surface area contributed by atoms with Crippen LogP contribution in [0.25, 0.3) is 0 Å². The van der Waals surface area contributed by atoms with E-state index in [4.69, 9.17) is 4.74 Å². The minimum absolute atomic E-state index is 0.369. The van der Waals surface area contributed by atoms with Crippen LogP contribution in [0.2, 0.25) is 0 Å². The number of hydrogen-bond donors (Lipinski definition) is 1. The van der Waals surface area contributed by atoms with Crippen LogP contribution < -0.4 is 5.32 Å². The zero-order valence-electron chi connectivity index (χ0n) is 12.6. The van der Waals surface area contributed by atoms with Gasteiger partial charge in [0.2, 0.25) is 0 Å². The van der Waals surface area contributed by atoms with E-state index >= 15 is 0 Å². The molecule has 0 bridgehead atoms. The van der Waals surface area contributed by atoms with Crippen LogP contribution in [0, 0.1) is 0 Å². The lowest BCUT2D eigenvalue weighted by molar-refractivity contribution is -0.0586. The van der Waals surface area contributed by atoms with Crippen molar-refractivity contribution >= 4 is 0 Å². The summed E-state index contributed by atoms with van der Waals surface area (Å²) in [6.45, 7) is 8.56. The average Bonchev–Trinajstić information content (AvgIpc) is 2.47. The molecule has 3 rings (SSSR count). The van der Waals surface area contributed by atoms with Gasteiger partial charge in [-0.3, -0.25) is 4.90 Å². The summed E-state index contributed by atoms with van der Waals surface area (Å²) in [7, 11) is 0. The molecule has 0 radical (unpaired) electrons. The summed E-state index contributed by atoms with van der Waals surface area (Å²) < 4.78 is 5.79. The van der Waals surface area contributed by atoms with Gasteiger partial charge in [0.1, 0.15) is 0 Å². The van der Waals surface area contributed by atoms with Crippen LogP contribution in [0.1, 0.15) is 31.4 Å². The summed E-state index contributed by atoms with van der Waals surface area (Å²) in [5.74, 6) is 0. The highest BCUT2D eigenvalue weighted by atomic mass is 16.5. The van der Waals surface area contributed by atoms with Crippen LogP contribution in [0.15, 0.2) is 24.3 Å². The van der Waals surface area contributed by atoms with Crippen molar-refractivity contribution in [2.75, 3.05) is 19.7 Å². The lowest BCUT2D eigenvalue weighted by Gasteiger charge is -2.41. The van der Waals surface area contributed by atoms with Crippen molar-refractivity contribution in [3.63, 3.8) is 0 Å². The number of nitrogens with one attached hydrogen (secondary N) is 1. The fourth-order valence-corrected chi connectivity index (χ4v) is 3.45. The van der Waals surface area contributed by atoms with Gasteiger partial charge in [0.05, 0.1) is 12.7 Å². The summed E-state index contributed by atoms with van der Waals surface area (Å²) in [6.07, 6.45) is 2.70. The molecule has 3 atom stereocenters. The average molecular weight is 274 g/mol. The van der Waals surface area contributed by atoms with Crippen molar-refractivity contribution in [3.05, 3.63) is 35.4 Å². The number of benzene rings is 1. The van der Waals surface area contributed by atoms with Gasteiger partial charge in [0.15, 0.2) is 0 Å². The third kappa shape index (κ3) is 3.05. The van der Waals surface area contributed by atoms with E-state index in [1.165, 1.54) is 17.5 Å². The Morgan fingerprint density at radius 1 is 1.30 bits per heavy atom. The third-order valence-electron chi connectivity index (χ3n) is 4.67. The number of ether oxygens (including phenoxy) is 1. The van der Waals surface area contributed by atoms with Crippen molar-refractivity contribution < 1.29 is 4.74 Å². The van der Waals surface area contributed by atoms with Crippen LogP contribution >= 0.6 is 0 Å². The Hall–Kier alpha value is -0.900. The van der Waals surface area contributed by atoms with Gasteiger partial charge in [-0.15, -0.1) is 0 Å². The first kappa shape index (κ1) is 14.1. The van der Waals surface area contributed by atoms with Crippen LogP contribution in [0.4, 0.5) is 0 Å². The van der Waals surface area contributed by atoms with Gasteiger partial charge < -0.3 is 10.1 Å². The molecule has 20 heavy (non-hydrogen) atoms. The van der Waals surface area contributed by atoms with Crippen molar-refractivity contribution in [1.29, 1.82) is 0 Å². The Morgan fingerprint density at radius 3 is 2.90 bits per heavy atom. The van der Waals surface area contributed by atoms with Crippen molar-refractivity contribution in [2.24, 2.45) is 0 Å². The first-order valence-electron chi connectivity index (χ1n) is 7.92. The number of morpholine rings is 1.